The minimum atomic E-state index is -2.71. The van der Waals surface area contributed by atoms with E-state index >= 15 is 0 Å². The van der Waals surface area contributed by atoms with Gasteiger partial charge in [-0.15, -0.1) is 5.10 Å². The second-order valence-electron chi connectivity index (χ2n) is 3.66. The van der Waals surface area contributed by atoms with Crippen molar-refractivity contribution >= 4 is 11.6 Å². The second-order valence-corrected chi connectivity index (χ2v) is 4.02. The van der Waals surface area contributed by atoms with Crippen LogP contribution in [0.15, 0.2) is 0 Å². The highest BCUT2D eigenvalue weighted by atomic mass is 35.5. The van der Waals surface area contributed by atoms with Crippen molar-refractivity contribution in [2.75, 3.05) is 0 Å². The molecular formula is C9H12ClF2N3. The predicted molar refractivity (Wildman–Crippen MR) is 54.1 cm³/mol. The molecule has 1 atom stereocenters. The molecule has 1 aromatic heterocycles. The van der Waals surface area contributed by atoms with E-state index in [0.717, 1.165) is 0 Å². The first kappa shape index (κ1) is 12.3. The first-order valence-electron chi connectivity index (χ1n) is 4.35. The molecule has 1 unspecified atom stereocenters. The molecule has 0 radical (unpaired) electrons. The Labute approximate surface area is 91.6 Å². The first-order chi connectivity index (χ1) is 6.78. The van der Waals surface area contributed by atoms with Crippen molar-refractivity contribution in [3.63, 3.8) is 0 Å². The van der Waals surface area contributed by atoms with E-state index in [9.17, 15) is 8.78 Å². The van der Waals surface area contributed by atoms with Crippen molar-refractivity contribution in [3.8, 4) is 0 Å². The highest BCUT2D eigenvalue weighted by Gasteiger charge is 2.36. The Morgan fingerprint density at radius 3 is 2.33 bits per heavy atom. The molecule has 0 aromatic carbocycles. The van der Waals surface area contributed by atoms with Gasteiger partial charge in [0.25, 0.3) is 6.43 Å². The molecule has 0 saturated heterocycles. The zero-order valence-corrected chi connectivity index (χ0v) is 9.44. The summed E-state index contributed by atoms with van der Waals surface area (Å²) < 4.78 is 25.5. The van der Waals surface area contributed by atoms with Gasteiger partial charge in [0, 0.05) is 5.56 Å². The molecule has 15 heavy (non-hydrogen) atoms. The van der Waals surface area contributed by atoms with Crippen LogP contribution >= 0.6 is 11.6 Å². The molecule has 6 heteroatoms. The fourth-order valence-electron chi connectivity index (χ4n) is 1.31. The molecule has 0 aliphatic heterocycles. The molecule has 2 N–H and O–H groups in total. The first-order valence-corrected chi connectivity index (χ1v) is 4.73. The van der Waals surface area contributed by atoms with Crippen LogP contribution in [0.25, 0.3) is 0 Å². The lowest BCUT2D eigenvalue weighted by Gasteiger charge is -2.26. The van der Waals surface area contributed by atoms with E-state index in [1.165, 1.54) is 6.92 Å². The summed E-state index contributed by atoms with van der Waals surface area (Å²) in [4.78, 5) is 0. The fourth-order valence-corrected chi connectivity index (χ4v) is 1.70. The van der Waals surface area contributed by atoms with Gasteiger partial charge in [-0.1, -0.05) is 11.6 Å². The van der Waals surface area contributed by atoms with Crippen LogP contribution in [0.5, 0.6) is 0 Å². The van der Waals surface area contributed by atoms with Crippen LogP contribution in [0.3, 0.4) is 0 Å². The number of halogens is 3. The van der Waals surface area contributed by atoms with Crippen LogP contribution in [-0.4, -0.2) is 16.6 Å². The van der Waals surface area contributed by atoms with Gasteiger partial charge in [-0.05, 0) is 26.3 Å². The quantitative estimate of drug-likeness (QED) is 0.855. The van der Waals surface area contributed by atoms with E-state index in [1.807, 2.05) is 0 Å². The SMILES string of the molecule is Cc1nnc(Cl)c(C(C)(N)C(F)F)c1C. The van der Waals surface area contributed by atoms with E-state index in [0.29, 0.717) is 11.3 Å². The third kappa shape index (κ3) is 2.08. The van der Waals surface area contributed by atoms with Gasteiger partial charge in [-0.3, -0.25) is 0 Å². The van der Waals surface area contributed by atoms with Crippen LogP contribution in [0.4, 0.5) is 8.78 Å². The molecule has 0 aliphatic rings. The largest absolute Gasteiger partial charge is 0.317 e. The molecule has 3 nitrogen and oxygen atoms in total. The van der Waals surface area contributed by atoms with Gasteiger partial charge >= 0.3 is 0 Å². The summed E-state index contributed by atoms with van der Waals surface area (Å²) in [6, 6.07) is 0. The lowest BCUT2D eigenvalue weighted by Crippen LogP contribution is -2.42. The van der Waals surface area contributed by atoms with Crippen LogP contribution in [-0.2, 0) is 5.54 Å². The van der Waals surface area contributed by atoms with Crippen molar-refractivity contribution in [1.82, 2.24) is 10.2 Å². The van der Waals surface area contributed by atoms with Crippen molar-refractivity contribution in [3.05, 3.63) is 22.0 Å². The molecule has 0 spiro atoms. The third-order valence-electron chi connectivity index (χ3n) is 2.40. The number of rotatable bonds is 2. The molecule has 0 saturated carbocycles. The maximum atomic E-state index is 12.8. The number of hydrogen-bond acceptors (Lipinski definition) is 3. The summed E-state index contributed by atoms with van der Waals surface area (Å²) in [6.45, 7) is 4.55. The summed E-state index contributed by atoms with van der Waals surface area (Å²) >= 11 is 5.74. The van der Waals surface area contributed by atoms with Gasteiger partial charge in [0.15, 0.2) is 5.15 Å². The number of nitrogens with zero attached hydrogens (tertiary/aromatic N) is 2. The lowest BCUT2D eigenvalue weighted by molar-refractivity contribution is 0.0619. The highest BCUT2D eigenvalue weighted by Crippen LogP contribution is 2.32. The Bertz CT molecular complexity index is 380. The zero-order chi connectivity index (χ0) is 11.8. The van der Waals surface area contributed by atoms with E-state index < -0.39 is 12.0 Å². The standard InChI is InChI=1S/C9H12ClF2N3/c1-4-5(2)14-15-7(10)6(4)9(3,13)8(11)12/h8H,13H2,1-3H3. The number of aryl methyl sites for hydroxylation is 1. The van der Waals surface area contributed by atoms with Gasteiger partial charge in [-0.25, -0.2) is 8.78 Å². The smallest absolute Gasteiger partial charge is 0.260 e. The molecule has 1 rings (SSSR count). The number of alkyl halides is 2. The average Bonchev–Trinajstić information content (AvgIpc) is 2.11. The highest BCUT2D eigenvalue weighted by molar-refractivity contribution is 6.30. The minimum absolute atomic E-state index is 0.0663. The van der Waals surface area contributed by atoms with E-state index in [2.05, 4.69) is 10.2 Å². The van der Waals surface area contributed by atoms with Crippen molar-refractivity contribution < 1.29 is 8.78 Å². The van der Waals surface area contributed by atoms with E-state index in [4.69, 9.17) is 17.3 Å². The summed E-state index contributed by atoms with van der Waals surface area (Å²) in [5, 5.41) is 7.25. The third-order valence-corrected chi connectivity index (χ3v) is 2.67. The van der Waals surface area contributed by atoms with Crippen LogP contribution in [0, 0.1) is 13.8 Å². The van der Waals surface area contributed by atoms with Gasteiger partial charge in [0.05, 0.1) is 5.69 Å². The van der Waals surface area contributed by atoms with Gasteiger partial charge in [0.1, 0.15) is 5.54 Å². The number of aromatic nitrogens is 2. The normalized spacial score (nSPS) is 15.5. The second kappa shape index (κ2) is 3.98. The number of nitrogens with two attached hydrogens (primary N) is 1. The van der Waals surface area contributed by atoms with Crippen LogP contribution in [0.1, 0.15) is 23.7 Å². The van der Waals surface area contributed by atoms with Gasteiger partial charge in [-0.2, -0.15) is 5.10 Å². The summed E-state index contributed by atoms with van der Waals surface area (Å²) in [6.07, 6.45) is -2.71. The lowest BCUT2D eigenvalue weighted by atomic mass is 9.91. The van der Waals surface area contributed by atoms with Crippen LogP contribution in [0.2, 0.25) is 5.15 Å². The maximum absolute atomic E-state index is 12.8. The Kier molecular flexibility index (Phi) is 3.25. The monoisotopic (exact) mass is 235 g/mol. The molecule has 0 amide bonds. The van der Waals surface area contributed by atoms with E-state index in [1.54, 1.807) is 13.8 Å². The maximum Gasteiger partial charge on any atom is 0.260 e. The van der Waals surface area contributed by atoms with Crippen LogP contribution < -0.4 is 5.73 Å². The van der Waals surface area contributed by atoms with Crippen molar-refractivity contribution in [1.29, 1.82) is 0 Å². The fraction of sp³-hybridized carbons (Fsp3) is 0.556. The predicted octanol–water partition coefficient (Wildman–Crippen LogP) is 2.19. The number of hydrogen-bond donors (Lipinski definition) is 1. The molecule has 1 heterocycles. The minimum Gasteiger partial charge on any atom is -0.317 e. The molecule has 84 valence electrons. The zero-order valence-electron chi connectivity index (χ0n) is 8.68. The Balaban J connectivity index is 3.42. The van der Waals surface area contributed by atoms with Crippen molar-refractivity contribution in [2.24, 2.45) is 5.73 Å². The Morgan fingerprint density at radius 2 is 1.87 bits per heavy atom. The molecule has 1 aromatic rings. The Hall–Kier alpha value is -0.810. The average molecular weight is 236 g/mol. The molecule has 0 fully saturated rings. The summed E-state index contributed by atoms with van der Waals surface area (Å²) in [5.41, 5.74) is 5.01. The van der Waals surface area contributed by atoms with Gasteiger partial charge in [0.2, 0.25) is 0 Å². The van der Waals surface area contributed by atoms with E-state index in [-0.39, 0.29) is 10.7 Å². The van der Waals surface area contributed by atoms with Crippen molar-refractivity contribution in [2.45, 2.75) is 32.7 Å². The molecule has 0 aliphatic carbocycles. The molecule has 0 bridgehead atoms. The Morgan fingerprint density at radius 1 is 1.33 bits per heavy atom. The topological polar surface area (TPSA) is 51.8 Å². The van der Waals surface area contributed by atoms with Gasteiger partial charge < -0.3 is 5.73 Å². The summed E-state index contributed by atoms with van der Waals surface area (Å²) in [5.74, 6) is 0. The molecular weight excluding hydrogens is 224 g/mol. The summed E-state index contributed by atoms with van der Waals surface area (Å²) in [7, 11) is 0.